The van der Waals surface area contributed by atoms with Crippen LogP contribution in [0.4, 0.5) is 0 Å². The molecule has 1 aliphatic heterocycles. The maximum absolute atomic E-state index is 6.02. The van der Waals surface area contributed by atoms with Crippen LogP contribution in [0.3, 0.4) is 0 Å². The van der Waals surface area contributed by atoms with Gasteiger partial charge in [-0.05, 0) is 58.3 Å². The van der Waals surface area contributed by atoms with Crippen LogP contribution in [0.5, 0.6) is 0 Å². The van der Waals surface area contributed by atoms with Crippen molar-refractivity contribution in [3.8, 4) is 0 Å². The lowest BCUT2D eigenvalue weighted by Gasteiger charge is -2.33. The van der Waals surface area contributed by atoms with Gasteiger partial charge in [0.15, 0.2) is 5.96 Å². The molecule has 6 heteroatoms. The highest BCUT2D eigenvalue weighted by atomic mass is 16.5. The number of rotatable bonds is 13. The number of nitrogens with zero attached hydrogens (tertiary/aromatic N) is 2. The van der Waals surface area contributed by atoms with E-state index in [0.717, 1.165) is 58.1 Å². The van der Waals surface area contributed by atoms with Crippen LogP contribution in [0.25, 0.3) is 0 Å². The summed E-state index contributed by atoms with van der Waals surface area (Å²) in [5, 5.41) is 7.06. The molecule has 170 valence electrons. The molecule has 1 saturated carbocycles. The van der Waals surface area contributed by atoms with Crippen LogP contribution in [-0.4, -0.2) is 76.1 Å². The van der Waals surface area contributed by atoms with Crippen molar-refractivity contribution in [1.82, 2.24) is 15.5 Å². The first-order valence-electron chi connectivity index (χ1n) is 12.2. The van der Waals surface area contributed by atoms with Gasteiger partial charge in [0.1, 0.15) is 0 Å². The molecule has 0 aromatic carbocycles. The van der Waals surface area contributed by atoms with Crippen LogP contribution in [0, 0.1) is 0 Å². The van der Waals surface area contributed by atoms with Crippen molar-refractivity contribution in [2.75, 3.05) is 53.0 Å². The second kappa shape index (κ2) is 15.9. The van der Waals surface area contributed by atoms with Crippen LogP contribution >= 0.6 is 0 Å². The van der Waals surface area contributed by atoms with E-state index in [1.165, 1.54) is 64.5 Å². The monoisotopic (exact) mass is 410 g/mol. The van der Waals surface area contributed by atoms with Gasteiger partial charge in [-0.1, -0.05) is 19.3 Å². The smallest absolute Gasteiger partial charge is 0.191 e. The Morgan fingerprint density at radius 1 is 0.966 bits per heavy atom. The molecule has 29 heavy (non-hydrogen) atoms. The van der Waals surface area contributed by atoms with Gasteiger partial charge < -0.3 is 25.0 Å². The number of ether oxygens (including phenoxy) is 2. The van der Waals surface area contributed by atoms with Gasteiger partial charge in [0, 0.05) is 59.1 Å². The quantitative estimate of drug-likeness (QED) is 0.276. The van der Waals surface area contributed by atoms with Gasteiger partial charge in [-0.2, -0.15) is 0 Å². The maximum Gasteiger partial charge on any atom is 0.191 e. The van der Waals surface area contributed by atoms with Crippen molar-refractivity contribution >= 4 is 5.96 Å². The molecule has 1 aliphatic carbocycles. The summed E-state index contributed by atoms with van der Waals surface area (Å²) in [6, 6.07) is 0.537. The van der Waals surface area contributed by atoms with Crippen molar-refractivity contribution in [2.24, 2.45) is 4.99 Å². The Bertz CT molecular complexity index is 419. The van der Waals surface area contributed by atoms with E-state index < -0.39 is 0 Å². The lowest BCUT2D eigenvalue weighted by Crippen LogP contribution is -2.48. The van der Waals surface area contributed by atoms with Crippen LogP contribution in [0.1, 0.15) is 77.6 Å². The van der Waals surface area contributed by atoms with Crippen molar-refractivity contribution < 1.29 is 9.47 Å². The van der Waals surface area contributed by atoms with E-state index in [1.54, 1.807) is 7.11 Å². The Morgan fingerprint density at radius 2 is 1.76 bits per heavy atom. The van der Waals surface area contributed by atoms with Crippen LogP contribution in [-0.2, 0) is 9.47 Å². The maximum atomic E-state index is 6.02. The second-order valence-corrected chi connectivity index (χ2v) is 8.56. The number of hydrogen-bond acceptors (Lipinski definition) is 4. The number of guanidine groups is 1. The van der Waals surface area contributed by atoms with Gasteiger partial charge in [-0.15, -0.1) is 0 Å². The molecule has 0 atom stereocenters. The molecular weight excluding hydrogens is 364 g/mol. The third-order valence-electron chi connectivity index (χ3n) is 6.07. The fourth-order valence-corrected chi connectivity index (χ4v) is 4.31. The average molecular weight is 411 g/mol. The minimum absolute atomic E-state index is 0.537. The molecule has 0 aromatic rings. The van der Waals surface area contributed by atoms with Gasteiger partial charge in [0.25, 0.3) is 0 Å². The first-order chi connectivity index (χ1) is 14.3. The lowest BCUT2D eigenvalue weighted by molar-refractivity contribution is 0.0264. The number of methoxy groups -OCH3 is 1. The minimum atomic E-state index is 0.537. The highest BCUT2D eigenvalue weighted by molar-refractivity contribution is 5.80. The molecule has 0 radical (unpaired) electrons. The summed E-state index contributed by atoms with van der Waals surface area (Å²) in [5.41, 5.74) is 0. The first-order valence-corrected chi connectivity index (χ1v) is 12.2. The predicted molar refractivity (Wildman–Crippen MR) is 122 cm³/mol. The Kier molecular flexibility index (Phi) is 13.4. The SMILES string of the molecule is CCNC(=NCCCCCOC1CCCCC1)NC1CCN(CCCOC)CC1. The van der Waals surface area contributed by atoms with Gasteiger partial charge in [0.2, 0.25) is 0 Å². The van der Waals surface area contributed by atoms with E-state index in [4.69, 9.17) is 14.5 Å². The van der Waals surface area contributed by atoms with Crippen molar-refractivity contribution in [1.29, 1.82) is 0 Å². The molecule has 6 nitrogen and oxygen atoms in total. The number of likely N-dealkylation sites (tertiary alicyclic amines) is 1. The molecule has 0 aromatic heterocycles. The summed E-state index contributed by atoms with van der Waals surface area (Å²) in [5.74, 6) is 0.990. The average Bonchev–Trinajstić information content (AvgIpc) is 2.75. The van der Waals surface area contributed by atoms with E-state index in [1.807, 2.05) is 0 Å². The highest BCUT2D eigenvalue weighted by Crippen LogP contribution is 2.20. The second-order valence-electron chi connectivity index (χ2n) is 8.56. The van der Waals surface area contributed by atoms with E-state index in [2.05, 4.69) is 22.5 Å². The molecule has 1 saturated heterocycles. The van der Waals surface area contributed by atoms with E-state index in [-0.39, 0.29) is 0 Å². The molecule has 2 aliphatic rings. The van der Waals surface area contributed by atoms with Crippen molar-refractivity contribution in [3.63, 3.8) is 0 Å². The van der Waals surface area contributed by atoms with Gasteiger partial charge in [-0.25, -0.2) is 0 Å². The summed E-state index contributed by atoms with van der Waals surface area (Å²) in [6.07, 6.45) is 14.2. The summed E-state index contributed by atoms with van der Waals surface area (Å²) in [4.78, 5) is 7.35. The van der Waals surface area contributed by atoms with Crippen LogP contribution in [0.2, 0.25) is 0 Å². The third-order valence-corrected chi connectivity index (χ3v) is 6.07. The van der Waals surface area contributed by atoms with E-state index in [9.17, 15) is 0 Å². The normalized spacial score (nSPS) is 20.1. The molecule has 1 heterocycles. The van der Waals surface area contributed by atoms with Crippen LogP contribution < -0.4 is 10.6 Å². The van der Waals surface area contributed by atoms with Gasteiger partial charge in [0.05, 0.1) is 6.10 Å². The highest BCUT2D eigenvalue weighted by Gasteiger charge is 2.19. The molecule has 2 fully saturated rings. The Labute approximate surface area is 179 Å². The van der Waals surface area contributed by atoms with Crippen LogP contribution in [0.15, 0.2) is 4.99 Å². The Hall–Kier alpha value is -0.850. The Morgan fingerprint density at radius 3 is 2.48 bits per heavy atom. The van der Waals surface area contributed by atoms with Crippen molar-refractivity contribution in [3.05, 3.63) is 0 Å². The zero-order valence-corrected chi connectivity index (χ0v) is 19.1. The molecule has 0 bridgehead atoms. The summed E-state index contributed by atoms with van der Waals surface area (Å²) < 4.78 is 11.2. The van der Waals surface area contributed by atoms with Gasteiger partial charge >= 0.3 is 0 Å². The Balaban J connectivity index is 1.54. The summed E-state index contributed by atoms with van der Waals surface area (Å²) >= 11 is 0. The summed E-state index contributed by atoms with van der Waals surface area (Å²) in [6.45, 7) is 9.23. The first kappa shape index (κ1) is 24.4. The number of hydrogen-bond donors (Lipinski definition) is 2. The molecule has 0 unspecified atom stereocenters. The number of nitrogens with one attached hydrogen (secondary N) is 2. The molecule has 2 rings (SSSR count). The summed E-state index contributed by atoms with van der Waals surface area (Å²) in [7, 11) is 1.78. The minimum Gasteiger partial charge on any atom is -0.385 e. The number of piperidine rings is 1. The fraction of sp³-hybridized carbons (Fsp3) is 0.957. The van der Waals surface area contributed by atoms with Crippen molar-refractivity contribution in [2.45, 2.75) is 89.7 Å². The molecule has 0 spiro atoms. The largest absolute Gasteiger partial charge is 0.385 e. The molecule has 0 amide bonds. The lowest BCUT2D eigenvalue weighted by atomic mass is 9.98. The van der Waals surface area contributed by atoms with E-state index >= 15 is 0 Å². The fourth-order valence-electron chi connectivity index (χ4n) is 4.31. The zero-order chi connectivity index (χ0) is 20.6. The molecular formula is C23H46N4O2. The van der Waals surface area contributed by atoms with E-state index in [0.29, 0.717) is 12.1 Å². The molecule has 2 N–H and O–H groups in total. The van der Waals surface area contributed by atoms with Gasteiger partial charge in [-0.3, -0.25) is 4.99 Å². The topological polar surface area (TPSA) is 58.1 Å². The number of aliphatic imine (C=N–C) groups is 1. The number of unbranched alkanes of at least 4 members (excludes halogenated alkanes) is 2. The zero-order valence-electron chi connectivity index (χ0n) is 19.1. The standard InChI is InChI=1S/C23H46N4O2/c1-3-24-23(26-21-13-17-27(18-14-21)16-10-19-28-2)25-15-8-5-9-20-29-22-11-6-4-7-12-22/h21-22H,3-20H2,1-2H3,(H2,24,25,26). The predicted octanol–water partition coefficient (Wildman–Crippen LogP) is 3.56. The third kappa shape index (κ3) is 11.2.